The van der Waals surface area contributed by atoms with Crippen molar-refractivity contribution in [3.8, 4) is 5.69 Å². The molecule has 0 aliphatic carbocycles. The summed E-state index contributed by atoms with van der Waals surface area (Å²) in [5.74, 6) is 2.33. The average Bonchev–Trinajstić information content (AvgIpc) is 2.92. The Hall–Kier alpha value is -2.34. The third-order valence-corrected chi connectivity index (χ3v) is 6.54. The molecule has 2 radical (unpaired) electrons. The van der Waals surface area contributed by atoms with Crippen molar-refractivity contribution in [1.29, 1.82) is 0 Å². The number of rotatable bonds is 4. The number of aromatic nitrogens is 3. The molecule has 156 valence electrons. The minimum absolute atomic E-state index is 0.251. The van der Waals surface area contributed by atoms with E-state index in [0.29, 0.717) is 5.92 Å². The van der Waals surface area contributed by atoms with Crippen LogP contribution in [0.4, 0.5) is 5.82 Å². The molecule has 30 heavy (non-hydrogen) atoms. The van der Waals surface area contributed by atoms with Crippen LogP contribution >= 0.6 is 0 Å². The first-order valence-corrected chi connectivity index (χ1v) is 10.9. The summed E-state index contributed by atoms with van der Waals surface area (Å²) in [5.41, 5.74) is 7.60. The Bertz CT molecular complexity index is 1080. The summed E-state index contributed by atoms with van der Waals surface area (Å²) in [7, 11) is 6.09. The topological polar surface area (TPSA) is 54.2 Å². The Morgan fingerprint density at radius 1 is 1.10 bits per heavy atom. The van der Waals surface area contributed by atoms with Gasteiger partial charge in [-0.3, -0.25) is 4.57 Å². The van der Waals surface area contributed by atoms with Gasteiger partial charge in [-0.15, -0.1) is 0 Å². The molecule has 5 nitrogen and oxygen atoms in total. The van der Waals surface area contributed by atoms with Crippen LogP contribution in [0.5, 0.6) is 0 Å². The van der Waals surface area contributed by atoms with E-state index < -0.39 is 0 Å². The fraction of sp³-hybridized carbons (Fsp3) is 0.500. The molecule has 6 heteroatoms. The average molecular weight is 402 g/mol. The first kappa shape index (κ1) is 20.9. The standard InChI is InChI=1S/C24H31BN4O/c1-14-11-20(25)12-15(2)22(14)29-17(4)16(3)21-23(26-18(5)27-24(21)29)28-9-6-7-19(13-28)8-10-30/h11-12,19,30H,6-10,13H2,1-5H3. The molecule has 3 heterocycles. The molecule has 1 saturated heterocycles. The highest BCUT2D eigenvalue weighted by Crippen LogP contribution is 2.36. The molecule has 2 aromatic heterocycles. The molecular weight excluding hydrogens is 371 g/mol. The second-order valence-corrected chi connectivity index (χ2v) is 8.81. The van der Waals surface area contributed by atoms with Gasteiger partial charge in [-0.05, 0) is 76.5 Å². The van der Waals surface area contributed by atoms with Crippen LogP contribution in [0.25, 0.3) is 16.7 Å². The SMILES string of the molecule is [B]c1cc(C)c(-n2c(C)c(C)c3c(N4CCCC(CCO)C4)nc(C)nc32)c(C)c1. The van der Waals surface area contributed by atoms with Crippen molar-refractivity contribution < 1.29 is 5.11 Å². The number of aryl methyl sites for hydroxylation is 4. The minimum atomic E-state index is 0.251. The first-order valence-electron chi connectivity index (χ1n) is 10.9. The molecule has 4 rings (SSSR count). The van der Waals surface area contributed by atoms with Crippen molar-refractivity contribution in [1.82, 2.24) is 14.5 Å². The smallest absolute Gasteiger partial charge is 0.150 e. The predicted octanol–water partition coefficient (Wildman–Crippen LogP) is 3.36. The van der Waals surface area contributed by atoms with Gasteiger partial charge in [0.05, 0.1) is 11.1 Å². The Morgan fingerprint density at radius 3 is 2.47 bits per heavy atom. The number of nitrogens with zero attached hydrogens (tertiary/aromatic N) is 4. The number of hydrogen-bond acceptors (Lipinski definition) is 4. The van der Waals surface area contributed by atoms with E-state index in [4.69, 9.17) is 17.8 Å². The van der Waals surface area contributed by atoms with Gasteiger partial charge in [0.2, 0.25) is 0 Å². The highest BCUT2D eigenvalue weighted by atomic mass is 16.3. The lowest BCUT2D eigenvalue weighted by atomic mass is 9.91. The second-order valence-electron chi connectivity index (χ2n) is 8.81. The van der Waals surface area contributed by atoms with Gasteiger partial charge >= 0.3 is 0 Å². The molecule has 1 atom stereocenters. The van der Waals surface area contributed by atoms with E-state index in [0.717, 1.165) is 70.9 Å². The summed E-state index contributed by atoms with van der Waals surface area (Å²) >= 11 is 0. The van der Waals surface area contributed by atoms with E-state index in [1.165, 1.54) is 17.7 Å². The molecular formula is C24H31BN4O. The first-order chi connectivity index (χ1) is 14.3. The largest absolute Gasteiger partial charge is 0.396 e. The summed E-state index contributed by atoms with van der Waals surface area (Å²) in [6, 6.07) is 4.06. The van der Waals surface area contributed by atoms with Crippen LogP contribution in [-0.2, 0) is 0 Å². The number of fused-ring (bicyclic) bond motifs is 1. The summed E-state index contributed by atoms with van der Waals surface area (Å²) in [4.78, 5) is 12.2. The van der Waals surface area contributed by atoms with Gasteiger partial charge in [-0.1, -0.05) is 17.6 Å². The van der Waals surface area contributed by atoms with Gasteiger partial charge in [0.15, 0.2) is 5.65 Å². The van der Waals surface area contributed by atoms with Crippen molar-refractivity contribution >= 4 is 30.2 Å². The molecule has 1 N–H and O–H groups in total. The number of hydrogen-bond donors (Lipinski definition) is 1. The van der Waals surface area contributed by atoms with Gasteiger partial charge in [0, 0.05) is 25.4 Å². The van der Waals surface area contributed by atoms with Crippen molar-refractivity contribution in [3.63, 3.8) is 0 Å². The van der Waals surface area contributed by atoms with E-state index >= 15 is 0 Å². The van der Waals surface area contributed by atoms with E-state index in [1.54, 1.807) is 0 Å². The Morgan fingerprint density at radius 2 is 1.80 bits per heavy atom. The van der Waals surface area contributed by atoms with E-state index in [1.807, 2.05) is 19.1 Å². The van der Waals surface area contributed by atoms with Crippen molar-refractivity contribution in [2.24, 2.45) is 5.92 Å². The van der Waals surface area contributed by atoms with Crippen molar-refractivity contribution in [2.75, 3.05) is 24.6 Å². The quantitative estimate of drug-likeness (QED) is 0.680. The zero-order valence-electron chi connectivity index (χ0n) is 18.8. The lowest BCUT2D eigenvalue weighted by molar-refractivity contribution is 0.244. The van der Waals surface area contributed by atoms with Gasteiger partial charge in [-0.2, -0.15) is 0 Å². The van der Waals surface area contributed by atoms with E-state index in [2.05, 4.69) is 37.2 Å². The van der Waals surface area contributed by atoms with Crippen LogP contribution in [0.1, 0.15) is 47.5 Å². The van der Waals surface area contributed by atoms with Crippen LogP contribution in [0.2, 0.25) is 0 Å². The minimum Gasteiger partial charge on any atom is -0.396 e. The van der Waals surface area contributed by atoms with Crippen molar-refractivity contribution in [2.45, 2.75) is 53.9 Å². The molecule has 1 aliphatic heterocycles. The fourth-order valence-corrected chi connectivity index (χ4v) is 5.07. The summed E-state index contributed by atoms with van der Waals surface area (Å²) < 4.78 is 2.28. The summed E-state index contributed by atoms with van der Waals surface area (Å²) in [5, 5.41) is 10.6. The Kier molecular flexibility index (Phi) is 5.62. The summed E-state index contributed by atoms with van der Waals surface area (Å²) in [6.07, 6.45) is 3.16. The number of piperidine rings is 1. The molecule has 3 aromatic rings. The van der Waals surface area contributed by atoms with Gasteiger partial charge in [0.25, 0.3) is 0 Å². The molecule has 0 spiro atoms. The number of aliphatic hydroxyl groups excluding tert-OH is 1. The second kappa shape index (κ2) is 8.07. The van der Waals surface area contributed by atoms with E-state index in [9.17, 15) is 5.11 Å². The molecule has 1 aromatic carbocycles. The van der Waals surface area contributed by atoms with Crippen LogP contribution in [-0.4, -0.2) is 47.2 Å². The number of aliphatic hydroxyl groups is 1. The fourth-order valence-electron chi connectivity index (χ4n) is 5.07. The third kappa shape index (κ3) is 3.51. The van der Waals surface area contributed by atoms with Gasteiger partial charge in [0.1, 0.15) is 19.5 Å². The van der Waals surface area contributed by atoms with Crippen LogP contribution in [0, 0.1) is 40.5 Å². The lowest BCUT2D eigenvalue weighted by Gasteiger charge is -2.34. The molecule has 1 unspecified atom stereocenters. The molecule has 0 saturated carbocycles. The maximum Gasteiger partial charge on any atom is 0.150 e. The molecule has 1 aliphatic rings. The highest BCUT2D eigenvalue weighted by Gasteiger charge is 2.26. The Balaban J connectivity index is 1.94. The Labute approximate surface area is 180 Å². The lowest BCUT2D eigenvalue weighted by Crippen LogP contribution is -2.36. The zero-order chi connectivity index (χ0) is 21.6. The molecule has 1 fully saturated rings. The predicted molar refractivity (Wildman–Crippen MR) is 125 cm³/mol. The van der Waals surface area contributed by atoms with E-state index in [-0.39, 0.29) is 6.61 Å². The van der Waals surface area contributed by atoms with Crippen LogP contribution in [0.3, 0.4) is 0 Å². The monoisotopic (exact) mass is 402 g/mol. The van der Waals surface area contributed by atoms with Gasteiger partial charge in [-0.25, -0.2) is 9.97 Å². The molecule has 0 amide bonds. The zero-order valence-corrected chi connectivity index (χ0v) is 18.8. The number of anilines is 1. The summed E-state index contributed by atoms with van der Waals surface area (Å²) in [6.45, 7) is 12.7. The van der Waals surface area contributed by atoms with Crippen molar-refractivity contribution in [3.05, 3.63) is 40.3 Å². The van der Waals surface area contributed by atoms with Gasteiger partial charge < -0.3 is 10.0 Å². The highest BCUT2D eigenvalue weighted by molar-refractivity contribution is 6.32. The normalized spacial score (nSPS) is 17.1. The maximum absolute atomic E-state index is 9.42. The number of benzene rings is 1. The van der Waals surface area contributed by atoms with Crippen LogP contribution in [0.15, 0.2) is 12.1 Å². The molecule has 0 bridgehead atoms. The third-order valence-electron chi connectivity index (χ3n) is 6.54. The maximum atomic E-state index is 9.42. The van der Waals surface area contributed by atoms with Crippen LogP contribution < -0.4 is 10.4 Å².